The summed E-state index contributed by atoms with van der Waals surface area (Å²) in [5.74, 6) is -12.5. The molecule has 0 saturated carbocycles. The Morgan fingerprint density at radius 2 is 1.52 bits per heavy atom. The summed E-state index contributed by atoms with van der Waals surface area (Å²) < 4.78 is 134. The maximum atomic E-state index is 13.7. The van der Waals surface area contributed by atoms with Gasteiger partial charge in [0.25, 0.3) is 0 Å². The van der Waals surface area contributed by atoms with Gasteiger partial charge in [0.05, 0.1) is 0 Å². The minimum absolute atomic E-state index is 0.268. The van der Waals surface area contributed by atoms with Gasteiger partial charge in [0.2, 0.25) is 5.91 Å². The lowest BCUT2D eigenvalue weighted by atomic mass is 9.74. The van der Waals surface area contributed by atoms with Crippen LogP contribution in [0.4, 0.5) is 43.9 Å². The van der Waals surface area contributed by atoms with Gasteiger partial charge in [-0.25, -0.2) is 5.48 Å². The van der Waals surface area contributed by atoms with Gasteiger partial charge in [-0.15, -0.1) is 0 Å². The van der Waals surface area contributed by atoms with Gasteiger partial charge in [-0.05, 0) is 5.46 Å². The van der Waals surface area contributed by atoms with Crippen LogP contribution in [0, 0.1) is 0 Å². The van der Waals surface area contributed by atoms with Gasteiger partial charge >= 0.3 is 31.3 Å². The molecule has 0 saturated heterocycles. The minimum atomic E-state index is -6.29. The fourth-order valence-corrected chi connectivity index (χ4v) is 1.93. The average Bonchev–Trinajstić information content (AvgIpc) is 2.57. The van der Waals surface area contributed by atoms with Crippen LogP contribution in [0.15, 0.2) is 18.2 Å². The number of amides is 1. The lowest BCUT2D eigenvalue weighted by molar-refractivity contribution is -0.290. The van der Waals surface area contributed by atoms with Gasteiger partial charge in [0, 0.05) is 24.1 Å². The van der Waals surface area contributed by atoms with Crippen molar-refractivity contribution in [2.75, 3.05) is 6.54 Å². The van der Waals surface area contributed by atoms with E-state index in [2.05, 4.69) is 4.76 Å². The predicted molar refractivity (Wildman–Crippen MR) is 76.8 cm³/mol. The van der Waals surface area contributed by atoms with Gasteiger partial charge in [-0.2, -0.15) is 43.9 Å². The Morgan fingerprint density at radius 1 is 1.00 bits per heavy atom. The first-order chi connectivity index (χ1) is 13.0. The van der Waals surface area contributed by atoms with Crippen molar-refractivity contribution in [2.24, 2.45) is 5.73 Å². The number of nitrogens with two attached hydrogens (primary N) is 1. The molecule has 4 N–H and O–H groups in total. The Bertz CT molecular complexity index is 739. The van der Waals surface area contributed by atoms with E-state index < -0.39 is 66.3 Å². The van der Waals surface area contributed by atoms with Gasteiger partial charge in [0.15, 0.2) is 0 Å². The molecule has 0 aliphatic carbocycles. The number of hydrogen-bond donors (Lipinski definition) is 3. The van der Waals surface area contributed by atoms with Crippen LogP contribution in [-0.4, -0.2) is 36.9 Å². The first-order valence-electron chi connectivity index (χ1n) is 7.33. The largest absolute Gasteiger partial charge is 0.514 e. The molecule has 0 aromatic heterocycles. The number of alkyl halides is 10. The Labute approximate surface area is 155 Å². The molecule has 1 aromatic rings. The average molecular weight is 444 g/mol. The SMILES string of the molecule is NCCC(=O)NOB(O)c1cc(C(F)(F)C(F)(F)F)ccc1C(F)(F)C(F)(F)F. The Morgan fingerprint density at radius 3 is 1.97 bits per heavy atom. The van der Waals surface area contributed by atoms with Gasteiger partial charge < -0.3 is 10.8 Å². The van der Waals surface area contributed by atoms with Crippen LogP contribution < -0.4 is 16.7 Å². The van der Waals surface area contributed by atoms with Crippen molar-refractivity contribution < 1.29 is 58.5 Å². The molecule has 29 heavy (non-hydrogen) atoms. The summed E-state index contributed by atoms with van der Waals surface area (Å²) in [6, 6.07) is -1.08. The van der Waals surface area contributed by atoms with Crippen molar-refractivity contribution in [1.29, 1.82) is 0 Å². The highest BCUT2D eigenvalue weighted by Gasteiger charge is 2.62. The van der Waals surface area contributed by atoms with Crippen LogP contribution in [-0.2, 0) is 21.4 Å². The van der Waals surface area contributed by atoms with Crippen molar-refractivity contribution in [1.82, 2.24) is 5.48 Å². The van der Waals surface area contributed by atoms with Gasteiger partial charge in [0.1, 0.15) is 0 Å². The molecule has 16 heteroatoms. The van der Waals surface area contributed by atoms with Gasteiger partial charge in [-0.3, -0.25) is 9.55 Å². The lowest BCUT2D eigenvalue weighted by Crippen LogP contribution is -2.48. The molecule has 0 bridgehead atoms. The first kappa shape index (κ1) is 25.0. The van der Waals surface area contributed by atoms with Crippen molar-refractivity contribution in [3.63, 3.8) is 0 Å². The minimum Gasteiger partial charge on any atom is -0.422 e. The quantitative estimate of drug-likeness (QED) is 0.342. The van der Waals surface area contributed by atoms with Crippen LogP contribution in [0.1, 0.15) is 17.5 Å². The molecule has 0 radical (unpaired) electrons. The maximum Gasteiger partial charge on any atom is 0.514 e. The highest BCUT2D eigenvalue weighted by molar-refractivity contribution is 6.60. The van der Waals surface area contributed by atoms with Crippen LogP contribution >= 0.6 is 0 Å². The molecular weight excluding hydrogens is 433 g/mol. The van der Waals surface area contributed by atoms with E-state index in [-0.39, 0.29) is 18.7 Å². The zero-order valence-corrected chi connectivity index (χ0v) is 13.8. The number of hydroxylamine groups is 1. The topological polar surface area (TPSA) is 84.6 Å². The van der Waals surface area contributed by atoms with Crippen LogP contribution in [0.2, 0.25) is 0 Å². The second-order valence-corrected chi connectivity index (χ2v) is 5.48. The summed E-state index contributed by atoms with van der Waals surface area (Å²) in [7, 11) is -2.95. The van der Waals surface area contributed by atoms with Crippen LogP contribution in [0.3, 0.4) is 0 Å². The summed E-state index contributed by atoms with van der Waals surface area (Å²) in [5, 5.41) is 9.65. The van der Waals surface area contributed by atoms with Crippen molar-refractivity contribution in [3.8, 4) is 0 Å². The first-order valence-corrected chi connectivity index (χ1v) is 7.33. The van der Waals surface area contributed by atoms with E-state index in [1.165, 1.54) is 5.48 Å². The Kier molecular flexibility index (Phi) is 7.19. The van der Waals surface area contributed by atoms with E-state index in [0.29, 0.717) is 0 Å². The Hall–Kier alpha value is -2.07. The number of carbonyl (C=O) groups is 1. The zero-order chi connectivity index (χ0) is 22.8. The fourth-order valence-electron chi connectivity index (χ4n) is 1.93. The summed E-state index contributed by atoms with van der Waals surface area (Å²) in [4.78, 5) is 11.2. The number of halogens is 10. The summed E-state index contributed by atoms with van der Waals surface area (Å²) in [6.07, 6.45) is -13.0. The number of nitrogens with one attached hydrogen (secondary N) is 1. The third-order valence-electron chi connectivity index (χ3n) is 3.39. The molecule has 5 nitrogen and oxygen atoms in total. The van der Waals surface area contributed by atoms with Gasteiger partial charge in [-0.1, -0.05) is 18.2 Å². The van der Waals surface area contributed by atoms with Crippen molar-refractivity contribution in [3.05, 3.63) is 29.3 Å². The van der Waals surface area contributed by atoms with E-state index in [4.69, 9.17) is 5.73 Å². The van der Waals surface area contributed by atoms with E-state index in [9.17, 15) is 53.7 Å². The second kappa shape index (κ2) is 8.35. The standard InChI is InChI=1S/C13H11BF10N2O3/c15-10(16,12(19,20)21)6-1-2-7(11(17,18)13(22,23)24)8(5-6)14(28)29-26-9(27)3-4-25/h1-2,5,28H,3-4,25H2,(H,26,27). The van der Waals surface area contributed by atoms with Crippen LogP contribution in [0.5, 0.6) is 0 Å². The van der Waals surface area contributed by atoms with E-state index >= 15 is 0 Å². The van der Waals surface area contributed by atoms with Crippen molar-refractivity contribution >= 4 is 18.5 Å². The summed E-state index contributed by atoms with van der Waals surface area (Å²) in [5.41, 5.74) is 0.395. The molecular formula is C13H11BF10N2O3. The zero-order valence-electron chi connectivity index (χ0n) is 13.8. The van der Waals surface area contributed by atoms with E-state index in [1.807, 2.05) is 0 Å². The third-order valence-corrected chi connectivity index (χ3v) is 3.39. The molecule has 1 amide bonds. The summed E-state index contributed by atoms with van der Waals surface area (Å²) in [6.45, 7) is -0.268. The van der Waals surface area contributed by atoms with E-state index in [0.717, 1.165) is 0 Å². The molecule has 0 fully saturated rings. The normalized spacial score (nSPS) is 13.4. The predicted octanol–water partition coefficient (Wildman–Crippen LogP) is 2.08. The molecule has 164 valence electrons. The summed E-state index contributed by atoms with van der Waals surface area (Å²) >= 11 is 0. The molecule has 1 aromatic carbocycles. The fraction of sp³-hybridized carbons (Fsp3) is 0.462. The molecule has 0 atom stereocenters. The van der Waals surface area contributed by atoms with Crippen LogP contribution in [0.25, 0.3) is 0 Å². The highest BCUT2D eigenvalue weighted by atomic mass is 19.4. The molecule has 0 heterocycles. The third kappa shape index (κ3) is 5.30. The monoisotopic (exact) mass is 444 g/mol. The number of hydrogen-bond acceptors (Lipinski definition) is 4. The molecule has 0 unspecified atom stereocenters. The molecule has 1 rings (SSSR count). The lowest BCUT2D eigenvalue weighted by Gasteiger charge is -2.26. The number of benzene rings is 1. The molecule has 0 spiro atoms. The van der Waals surface area contributed by atoms with Crippen molar-refractivity contribution in [2.45, 2.75) is 30.6 Å². The Balaban J connectivity index is 3.50. The van der Waals surface area contributed by atoms with E-state index in [1.54, 1.807) is 0 Å². The molecule has 0 aliphatic rings. The number of carbonyl (C=O) groups excluding carboxylic acids is 1. The molecule has 0 aliphatic heterocycles. The number of rotatable bonds is 7. The second-order valence-electron chi connectivity index (χ2n) is 5.48. The maximum absolute atomic E-state index is 13.7. The highest BCUT2D eigenvalue weighted by Crippen LogP contribution is 2.46. The smallest absolute Gasteiger partial charge is 0.422 e.